The molecule has 44 heavy (non-hydrogen) atoms. The fourth-order valence-electron chi connectivity index (χ4n) is 5.07. The normalized spacial score (nSPS) is 16.2. The van der Waals surface area contributed by atoms with Crippen molar-refractivity contribution in [2.75, 3.05) is 32.8 Å². The van der Waals surface area contributed by atoms with Crippen molar-refractivity contribution in [1.82, 2.24) is 20.1 Å². The van der Waals surface area contributed by atoms with Crippen LogP contribution in [-0.2, 0) is 26.0 Å². The number of ether oxygens (including phenoxy) is 2. The Hall–Kier alpha value is -3.19. The summed E-state index contributed by atoms with van der Waals surface area (Å²) in [5.74, 6) is -0.00757. The summed E-state index contributed by atoms with van der Waals surface area (Å²) >= 11 is 0. The Balaban J connectivity index is 1.65. The molecule has 12 heteroatoms. The average molecular weight is 631 g/mol. The highest BCUT2D eigenvalue weighted by Crippen LogP contribution is 2.33. The molecule has 0 bridgehead atoms. The molecule has 2 amide bonds. The van der Waals surface area contributed by atoms with Crippen molar-refractivity contribution in [1.29, 1.82) is 0 Å². The molecule has 0 saturated heterocycles. The summed E-state index contributed by atoms with van der Waals surface area (Å²) in [7, 11) is -4.09. The molecule has 4 rings (SSSR count). The predicted octanol–water partition coefficient (Wildman–Crippen LogP) is 2.73. The van der Waals surface area contributed by atoms with Gasteiger partial charge in [-0.1, -0.05) is 58.0 Å². The van der Waals surface area contributed by atoms with Crippen LogP contribution in [0.15, 0.2) is 53.4 Å². The number of aliphatic hydroxyl groups excluding tert-OH is 1. The molecular weight excluding hydrogens is 584 g/mol. The van der Waals surface area contributed by atoms with Gasteiger partial charge >= 0.3 is 0 Å². The number of carbonyl (C=O) groups excluding carboxylic acids is 2. The summed E-state index contributed by atoms with van der Waals surface area (Å²) in [4.78, 5) is 26.6. The Morgan fingerprint density at radius 3 is 2.27 bits per heavy atom. The van der Waals surface area contributed by atoms with Gasteiger partial charge in [-0.15, -0.1) is 0 Å². The van der Waals surface area contributed by atoms with Gasteiger partial charge in [0.25, 0.3) is 5.91 Å². The molecule has 0 aromatic heterocycles. The number of benzene rings is 2. The van der Waals surface area contributed by atoms with Crippen LogP contribution in [0, 0.1) is 11.8 Å². The van der Waals surface area contributed by atoms with E-state index >= 15 is 0 Å². The third kappa shape index (κ3) is 9.40. The minimum atomic E-state index is -4.09. The maximum absolute atomic E-state index is 14.0. The molecular formula is C32H46N4O7S. The monoisotopic (exact) mass is 630 g/mol. The van der Waals surface area contributed by atoms with Gasteiger partial charge in [-0.2, -0.15) is 4.31 Å². The van der Waals surface area contributed by atoms with E-state index in [2.05, 4.69) is 10.7 Å². The number of hydrogen-bond acceptors (Lipinski definition) is 8. The summed E-state index contributed by atoms with van der Waals surface area (Å²) in [6, 6.07) is 13.2. The minimum absolute atomic E-state index is 0.00552. The van der Waals surface area contributed by atoms with E-state index in [9.17, 15) is 23.1 Å². The van der Waals surface area contributed by atoms with E-state index in [1.807, 2.05) is 58.0 Å². The topological polar surface area (TPSA) is 138 Å². The number of hydrogen-bond donors (Lipinski definition) is 3. The Bertz CT molecular complexity index is 1370. The molecule has 1 saturated carbocycles. The van der Waals surface area contributed by atoms with Crippen molar-refractivity contribution in [3.8, 4) is 11.5 Å². The van der Waals surface area contributed by atoms with E-state index in [1.54, 1.807) is 6.07 Å². The standard InChI is InChI=1S/C32H46N4O7S/c1-22(2)16-32(39)36(34-31(38)19-33-25-10-11-25)27(17-24-8-6-5-7-9-24)28(37)21-35(20-23(3)4)44(40,41)26-12-13-29-30(18-26)43-15-14-42-29/h5-9,12-13,18,22-23,25,27-28,33,37H,10-11,14-17,19-21H2,1-4H3,(H,34,38)/t27-,28+/m0/s1. The third-order valence-electron chi connectivity index (χ3n) is 7.40. The Labute approximate surface area is 260 Å². The highest BCUT2D eigenvalue weighted by Gasteiger charge is 2.36. The number of amides is 2. The quantitative estimate of drug-likeness (QED) is 0.256. The maximum Gasteiger partial charge on any atom is 0.252 e. The lowest BCUT2D eigenvalue weighted by Gasteiger charge is -2.37. The average Bonchev–Trinajstić information content (AvgIpc) is 3.82. The zero-order valence-corrected chi connectivity index (χ0v) is 26.9. The number of carbonyl (C=O) groups is 2. The first-order valence-electron chi connectivity index (χ1n) is 15.4. The molecule has 2 aliphatic rings. The Kier molecular flexibility index (Phi) is 11.6. The lowest BCUT2D eigenvalue weighted by Crippen LogP contribution is -2.60. The molecule has 1 heterocycles. The molecule has 1 aliphatic heterocycles. The highest BCUT2D eigenvalue weighted by atomic mass is 32.2. The minimum Gasteiger partial charge on any atom is -0.486 e. The molecule has 1 fully saturated rings. The van der Waals surface area contributed by atoms with Gasteiger partial charge in [0, 0.05) is 31.6 Å². The van der Waals surface area contributed by atoms with Crippen LogP contribution in [0.1, 0.15) is 52.5 Å². The summed E-state index contributed by atoms with van der Waals surface area (Å²) in [5, 5.41) is 16.2. The number of rotatable bonds is 15. The van der Waals surface area contributed by atoms with Crippen molar-refractivity contribution in [2.45, 2.75) is 76.5 Å². The van der Waals surface area contributed by atoms with Crippen molar-refractivity contribution < 1.29 is 32.6 Å². The van der Waals surface area contributed by atoms with Crippen LogP contribution in [0.2, 0.25) is 0 Å². The van der Waals surface area contributed by atoms with E-state index in [0.29, 0.717) is 30.8 Å². The van der Waals surface area contributed by atoms with Gasteiger partial charge in [0.2, 0.25) is 15.9 Å². The summed E-state index contributed by atoms with van der Waals surface area (Å²) in [6.45, 7) is 8.15. The van der Waals surface area contributed by atoms with Crippen molar-refractivity contribution in [3.05, 3.63) is 54.1 Å². The second-order valence-electron chi connectivity index (χ2n) is 12.4. The van der Waals surface area contributed by atoms with E-state index in [-0.39, 0.29) is 55.1 Å². The molecule has 1 aliphatic carbocycles. The molecule has 0 radical (unpaired) electrons. The number of nitrogens with one attached hydrogen (secondary N) is 2. The summed E-state index contributed by atoms with van der Waals surface area (Å²) in [5.41, 5.74) is 3.58. The first-order chi connectivity index (χ1) is 20.9. The zero-order chi connectivity index (χ0) is 31.9. The largest absolute Gasteiger partial charge is 0.486 e. The first-order valence-corrected chi connectivity index (χ1v) is 16.8. The third-order valence-corrected chi connectivity index (χ3v) is 9.23. The van der Waals surface area contributed by atoms with Crippen LogP contribution in [0.3, 0.4) is 0 Å². The van der Waals surface area contributed by atoms with Crippen LogP contribution >= 0.6 is 0 Å². The van der Waals surface area contributed by atoms with Gasteiger partial charge in [-0.25, -0.2) is 13.4 Å². The molecule has 0 unspecified atom stereocenters. The maximum atomic E-state index is 14.0. The molecule has 11 nitrogen and oxygen atoms in total. The summed E-state index contributed by atoms with van der Waals surface area (Å²) in [6.07, 6.45) is 1.000. The number of hydrazine groups is 1. The van der Waals surface area contributed by atoms with Gasteiger partial charge in [-0.3, -0.25) is 15.0 Å². The van der Waals surface area contributed by atoms with E-state index < -0.39 is 28.1 Å². The van der Waals surface area contributed by atoms with Gasteiger partial charge in [0.15, 0.2) is 11.5 Å². The molecule has 2 aromatic rings. The number of nitrogens with zero attached hydrogens (tertiary/aromatic N) is 2. The highest BCUT2D eigenvalue weighted by molar-refractivity contribution is 7.89. The fraction of sp³-hybridized carbons (Fsp3) is 0.562. The van der Waals surface area contributed by atoms with E-state index in [0.717, 1.165) is 18.4 Å². The fourth-order valence-corrected chi connectivity index (χ4v) is 6.71. The molecule has 0 spiro atoms. The second-order valence-corrected chi connectivity index (χ2v) is 14.3. The molecule has 2 aromatic carbocycles. The first kappa shape index (κ1) is 33.7. The van der Waals surface area contributed by atoms with Crippen LogP contribution in [-0.4, -0.2) is 85.7 Å². The van der Waals surface area contributed by atoms with Crippen LogP contribution in [0.4, 0.5) is 0 Å². The van der Waals surface area contributed by atoms with Crippen LogP contribution in [0.5, 0.6) is 11.5 Å². The van der Waals surface area contributed by atoms with Crippen LogP contribution in [0.25, 0.3) is 0 Å². The Morgan fingerprint density at radius 2 is 1.64 bits per heavy atom. The van der Waals surface area contributed by atoms with Crippen molar-refractivity contribution in [2.24, 2.45) is 11.8 Å². The zero-order valence-electron chi connectivity index (χ0n) is 26.1. The molecule has 2 atom stereocenters. The lowest BCUT2D eigenvalue weighted by molar-refractivity contribution is -0.148. The number of aliphatic hydroxyl groups is 1. The SMILES string of the molecule is CC(C)CC(=O)N(NC(=O)CNC1CC1)[C@@H](Cc1ccccc1)[C@H](O)CN(CC(C)C)S(=O)(=O)c1ccc2c(c1)OCCO2. The smallest absolute Gasteiger partial charge is 0.252 e. The van der Waals surface area contributed by atoms with E-state index in [1.165, 1.54) is 21.4 Å². The van der Waals surface area contributed by atoms with Gasteiger partial charge in [0.1, 0.15) is 13.2 Å². The van der Waals surface area contributed by atoms with Crippen LogP contribution < -0.4 is 20.2 Å². The number of sulfonamides is 1. The van der Waals surface area contributed by atoms with Gasteiger partial charge in [0.05, 0.1) is 23.6 Å². The molecule has 3 N–H and O–H groups in total. The predicted molar refractivity (Wildman–Crippen MR) is 166 cm³/mol. The van der Waals surface area contributed by atoms with Crippen molar-refractivity contribution in [3.63, 3.8) is 0 Å². The summed E-state index contributed by atoms with van der Waals surface area (Å²) < 4.78 is 40.5. The molecule has 242 valence electrons. The van der Waals surface area contributed by atoms with Gasteiger partial charge in [-0.05, 0) is 48.8 Å². The second kappa shape index (κ2) is 15.2. The van der Waals surface area contributed by atoms with Crippen molar-refractivity contribution >= 4 is 21.8 Å². The van der Waals surface area contributed by atoms with E-state index in [4.69, 9.17) is 9.47 Å². The number of fused-ring (bicyclic) bond motifs is 1. The Morgan fingerprint density at radius 1 is 0.955 bits per heavy atom. The lowest BCUT2D eigenvalue weighted by atomic mass is 9.99. The van der Waals surface area contributed by atoms with Gasteiger partial charge < -0.3 is 19.9 Å².